The maximum absolute atomic E-state index is 5.58. The van der Waals surface area contributed by atoms with Gasteiger partial charge in [-0.2, -0.15) is 0 Å². The van der Waals surface area contributed by atoms with Crippen LogP contribution in [0.5, 0.6) is 0 Å². The van der Waals surface area contributed by atoms with E-state index in [4.69, 9.17) is 9.40 Å². The number of aryl methyl sites for hydroxylation is 1. The Morgan fingerprint density at radius 1 is 1.14 bits per heavy atom. The van der Waals surface area contributed by atoms with E-state index in [-0.39, 0.29) is 0 Å². The lowest BCUT2D eigenvalue weighted by Crippen LogP contribution is -2.55. The Labute approximate surface area is 174 Å². The molecule has 1 N–H and O–H groups in total. The second-order valence-corrected chi connectivity index (χ2v) is 9.40. The molecule has 4 aliphatic rings. The van der Waals surface area contributed by atoms with Crippen LogP contribution in [0.2, 0.25) is 0 Å². The Hall–Kier alpha value is -1.72. The highest BCUT2D eigenvalue weighted by Gasteiger charge is 2.41. The van der Waals surface area contributed by atoms with Gasteiger partial charge in [-0.3, -0.25) is 4.90 Å². The Kier molecular flexibility index (Phi) is 5.69. The molecule has 6 rings (SSSR count). The molecule has 1 saturated carbocycles. The Bertz CT molecular complexity index is 799. The van der Waals surface area contributed by atoms with Crippen molar-refractivity contribution in [3.05, 3.63) is 36.0 Å². The summed E-state index contributed by atoms with van der Waals surface area (Å²) in [5.74, 6) is 3.85. The molecule has 5 heteroatoms. The van der Waals surface area contributed by atoms with Crippen LogP contribution in [0.15, 0.2) is 28.9 Å². The van der Waals surface area contributed by atoms with Crippen LogP contribution in [-0.2, 0) is 0 Å². The quantitative estimate of drug-likeness (QED) is 0.787. The van der Waals surface area contributed by atoms with Crippen LogP contribution in [0, 0.1) is 18.8 Å². The number of rotatable bonds is 6. The average Bonchev–Trinajstić information content (AvgIpc) is 3.30. The van der Waals surface area contributed by atoms with Gasteiger partial charge in [-0.05, 0) is 75.7 Å². The summed E-state index contributed by atoms with van der Waals surface area (Å²) in [6.45, 7) is 6.74. The second kappa shape index (κ2) is 8.57. The van der Waals surface area contributed by atoms with Crippen LogP contribution in [0.25, 0.3) is 11.5 Å². The molecule has 156 valence electrons. The number of nitrogens with one attached hydrogen (secondary N) is 1. The maximum atomic E-state index is 5.58. The van der Waals surface area contributed by atoms with Gasteiger partial charge in [-0.25, -0.2) is 9.97 Å². The molecule has 4 fully saturated rings. The molecule has 29 heavy (non-hydrogen) atoms. The third-order valence-corrected chi connectivity index (χ3v) is 7.43. The Morgan fingerprint density at radius 2 is 2.03 bits per heavy atom. The van der Waals surface area contributed by atoms with Crippen molar-refractivity contribution < 1.29 is 4.42 Å². The van der Waals surface area contributed by atoms with Gasteiger partial charge in [0.25, 0.3) is 0 Å². The monoisotopic (exact) mass is 394 g/mol. The van der Waals surface area contributed by atoms with E-state index < -0.39 is 0 Å². The zero-order valence-electron chi connectivity index (χ0n) is 17.6. The average molecular weight is 395 g/mol. The summed E-state index contributed by atoms with van der Waals surface area (Å²) >= 11 is 0. The fraction of sp³-hybridized carbons (Fsp3) is 0.667. The summed E-state index contributed by atoms with van der Waals surface area (Å²) in [5, 5.41) is 3.82. The molecule has 0 aromatic carbocycles. The number of furan rings is 1. The maximum Gasteiger partial charge on any atom is 0.152 e. The van der Waals surface area contributed by atoms with E-state index in [0.717, 1.165) is 42.2 Å². The number of hydrogen-bond acceptors (Lipinski definition) is 5. The number of hydrogen-bond donors (Lipinski definition) is 1. The van der Waals surface area contributed by atoms with Gasteiger partial charge in [-0.1, -0.05) is 19.3 Å². The second-order valence-electron chi connectivity index (χ2n) is 9.40. The van der Waals surface area contributed by atoms with Crippen LogP contribution < -0.4 is 5.32 Å². The fourth-order valence-corrected chi connectivity index (χ4v) is 5.86. The number of nitrogens with zero attached hydrogens (tertiary/aromatic N) is 3. The van der Waals surface area contributed by atoms with Crippen LogP contribution >= 0.6 is 0 Å². The molecular formula is C24H34N4O. The first kappa shape index (κ1) is 19.3. The first-order valence-electron chi connectivity index (χ1n) is 11.6. The van der Waals surface area contributed by atoms with Crippen molar-refractivity contribution in [2.75, 3.05) is 26.2 Å². The largest absolute Gasteiger partial charge is 0.463 e. The minimum Gasteiger partial charge on any atom is -0.463 e. The van der Waals surface area contributed by atoms with E-state index in [1.807, 2.05) is 19.1 Å². The highest BCUT2D eigenvalue weighted by Crippen LogP contribution is 2.41. The van der Waals surface area contributed by atoms with Crippen LogP contribution in [-0.4, -0.2) is 47.1 Å². The summed E-state index contributed by atoms with van der Waals surface area (Å²) in [5.41, 5.74) is 2.12. The van der Waals surface area contributed by atoms with Crippen molar-refractivity contribution in [3.8, 4) is 11.5 Å². The van der Waals surface area contributed by atoms with Crippen molar-refractivity contribution in [2.45, 2.75) is 63.8 Å². The van der Waals surface area contributed by atoms with Crippen molar-refractivity contribution in [2.24, 2.45) is 11.8 Å². The molecule has 1 unspecified atom stereocenters. The van der Waals surface area contributed by atoms with Gasteiger partial charge in [0.15, 0.2) is 5.76 Å². The van der Waals surface area contributed by atoms with Gasteiger partial charge < -0.3 is 9.73 Å². The first-order chi connectivity index (χ1) is 14.3. The zero-order chi connectivity index (χ0) is 19.6. The lowest BCUT2D eigenvalue weighted by Gasteiger charge is -2.50. The molecular weight excluding hydrogens is 360 g/mol. The van der Waals surface area contributed by atoms with E-state index in [1.165, 1.54) is 63.7 Å². The number of piperidine rings is 3. The standard InChI is InChI=1S/C24H34N4O/c1-17-26-22(13-23(27-17)24-8-5-11-29-24)21-16-28-10-9-19(21)12-20(28)15-25-14-18-6-3-2-4-7-18/h5,8,11,13,18-21,25H,2-4,6-7,9-10,12,14-16H2,1H3/t19-,20+,21-/m0/s1. The van der Waals surface area contributed by atoms with Crippen molar-refractivity contribution >= 4 is 0 Å². The molecule has 0 amide bonds. The predicted octanol–water partition coefficient (Wildman–Crippen LogP) is 4.39. The predicted molar refractivity (Wildman–Crippen MR) is 115 cm³/mol. The topological polar surface area (TPSA) is 54.2 Å². The molecule has 5 nitrogen and oxygen atoms in total. The molecule has 2 bridgehead atoms. The van der Waals surface area contributed by atoms with E-state index in [2.05, 4.69) is 21.3 Å². The summed E-state index contributed by atoms with van der Waals surface area (Å²) in [7, 11) is 0. The SMILES string of the molecule is Cc1nc(-c2ccco2)cc([C@H]2CN3CC[C@H]2C[C@@H]3CNCC2CCCCC2)n1. The van der Waals surface area contributed by atoms with Gasteiger partial charge in [0.05, 0.1) is 6.26 Å². The minimum atomic E-state index is 0.522. The van der Waals surface area contributed by atoms with E-state index in [1.54, 1.807) is 6.26 Å². The summed E-state index contributed by atoms with van der Waals surface area (Å²) in [6, 6.07) is 6.76. The van der Waals surface area contributed by atoms with Gasteiger partial charge in [-0.15, -0.1) is 0 Å². The summed E-state index contributed by atoms with van der Waals surface area (Å²) in [4.78, 5) is 12.2. The van der Waals surface area contributed by atoms with Crippen molar-refractivity contribution in [1.29, 1.82) is 0 Å². The molecule has 1 aliphatic carbocycles. The molecule has 2 aromatic rings. The highest BCUT2D eigenvalue weighted by atomic mass is 16.3. The third-order valence-electron chi connectivity index (χ3n) is 7.43. The van der Waals surface area contributed by atoms with Gasteiger partial charge in [0.1, 0.15) is 11.5 Å². The highest BCUT2D eigenvalue weighted by molar-refractivity contribution is 5.52. The van der Waals surface area contributed by atoms with Gasteiger partial charge in [0.2, 0.25) is 0 Å². The smallest absolute Gasteiger partial charge is 0.152 e. The third kappa shape index (κ3) is 4.26. The van der Waals surface area contributed by atoms with Crippen LogP contribution in [0.3, 0.4) is 0 Å². The Morgan fingerprint density at radius 3 is 2.79 bits per heavy atom. The van der Waals surface area contributed by atoms with Crippen molar-refractivity contribution in [1.82, 2.24) is 20.2 Å². The number of aromatic nitrogens is 2. The Balaban J connectivity index is 1.22. The molecule has 2 aromatic heterocycles. The lowest BCUT2D eigenvalue weighted by atomic mass is 9.74. The van der Waals surface area contributed by atoms with E-state index >= 15 is 0 Å². The first-order valence-corrected chi connectivity index (χ1v) is 11.6. The van der Waals surface area contributed by atoms with E-state index in [0.29, 0.717) is 12.0 Å². The molecule has 4 atom stereocenters. The number of fused-ring (bicyclic) bond motifs is 3. The fourth-order valence-electron chi connectivity index (χ4n) is 5.86. The summed E-state index contributed by atoms with van der Waals surface area (Å²) in [6.07, 6.45) is 11.5. The van der Waals surface area contributed by atoms with Crippen LogP contribution in [0.4, 0.5) is 0 Å². The van der Waals surface area contributed by atoms with Gasteiger partial charge in [0, 0.05) is 30.7 Å². The van der Waals surface area contributed by atoms with Gasteiger partial charge >= 0.3 is 0 Å². The molecule has 5 heterocycles. The zero-order valence-corrected chi connectivity index (χ0v) is 17.6. The summed E-state index contributed by atoms with van der Waals surface area (Å²) < 4.78 is 5.58. The lowest BCUT2D eigenvalue weighted by molar-refractivity contribution is 0.0288. The van der Waals surface area contributed by atoms with Crippen molar-refractivity contribution in [3.63, 3.8) is 0 Å². The van der Waals surface area contributed by atoms with Crippen LogP contribution in [0.1, 0.15) is 62.4 Å². The van der Waals surface area contributed by atoms with E-state index in [9.17, 15) is 0 Å². The minimum absolute atomic E-state index is 0.522. The normalized spacial score (nSPS) is 30.0. The molecule has 3 aliphatic heterocycles. The molecule has 0 spiro atoms. The molecule has 0 radical (unpaired) electrons. The molecule has 3 saturated heterocycles.